The zero-order valence-corrected chi connectivity index (χ0v) is 43.2. The lowest BCUT2D eigenvalue weighted by Gasteiger charge is -2.39. The van der Waals surface area contributed by atoms with Gasteiger partial charge in [0.05, 0.1) is 41.9 Å². The third-order valence-corrected chi connectivity index (χ3v) is 12.7. The Bertz CT molecular complexity index is 2340. The third-order valence-electron chi connectivity index (χ3n) is 11.5. The number of nitrogens with two attached hydrogens (primary N) is 2. The molecule has 3 saturated carbocycles. The van der Waals surface area contributed by atoms with Gasteiger partial charge < -0.3 is 41.2 Å². The van der Waals surface area contributed by atoms with Crippen molar-refractivity contribution in [1.82, 2.24) is 15.5 Å². The van der Waals surface area contributed by atoms with Crippen LogP contribution in [0.4, 0.5) is 17.1 Å². The van der Waals surface area contributed by atoms with E-state index in [4.69, 9.17) is 67.3 Å². The fraction of sp³-hybridized carbons (Fsp3) is 0.467. The summed E-state index contributed by atoms with van der Waals surface area (Å²) in [7, 11) is 3.94. The number of hydrogen-bond donors (Lipinski definition) is 4. The predicted octanol–water partition coefficient (Wildman–Crippen LogP) is 8.26. The number of nitrogens with one attached hydrogen (secondary N) is 2. The van der Waals surface area contributed by atoms with Crippen molar-refractivity contribution < 1.29 is 52.8 Å². The van der Waals surface area contributed by atoms with Crippen LogP contribution >= 0.6 is 58.8 Å². The van der Waals surface area contributed by atoms with Crippen LogP contribution in [-0.2, 0) is 28.6 Å². The highest BCUT2D eigenvalue weighted by Crippen LogP contribution is 2.35. The van der Waals surface area contributed by atoms with Crippen molar-refractivity contribution in [3.05, 3.63) is 107 Å². The van der Waals surface area contributed by atoms with Crippen LogP contribution in [0.1, 0.15) is 110 Å². The summed E-state index contributed by atoms with van der Waals surface area (Å²) >= 11 is 22.1. The van der Waals surface area contributed by atoms with Gasteiger partial charge in [-0.05, 0) is 131 Å². The second kappa shape index (κ2) is 29.1. The molecule has 3 aromatic rings. The molecule has 0 spiro atoms. The lowest BCUT2D eigenvalue weighted by Crippen LogP contribution is -2.59. The smallest absolute Gasteiger partial charge is 0.331 e. The number of carbonyl (C=O) groups is 6. The summed E-state index contributed by atoms with van der Waals surface area (Å²) in [5.41, 5.74) is 8.83. The number of nitrogen functional groups attached to an aromatic ring is 1. The minimum atomic E-state index is -1.03. The molecular weight excluding hydrogens is 1020 g/mol. The van der Waals surface area contributed by atoms with Gasteiger partial charge in [0.2, 0.25) is 0 Å². The molecule has 3 fully saturated rings. The van der Waals surface area contributed by atoms with Crippen molar-refractivity contribution in [1.29, 1.82) is 0 Å². The molecule has 2 amide bonds. The minimum Gasteiger partial charge on any atom is -0.468 e. The summed E-state index contributed by atoms with van der Waals surface area (Å²) in [6.07, 6.45) is 6.45. The van der Waals surface area contributed by atoms with Gasteiger partial charge in [-0.25, -0.2) is 9.59 Å². The van der Waals surface area contributed by atoms with Crippen LogP contribution in [0.25, 0.3) is 0 Å². The molecule has 3 aliphatic carbocycles. The van der Waals surface area contributed by atoms with Crippen LogP contribution in [0.3, 0.4) is 0 Å². The van der Waals surface area contributed by atoms with Gasteiger partial charge in [-0.1, -0.05) is 55.6 Å². The van der Waals surface area contributed by atoms with E-state index in [-0.39, 0.29) is 56.8 Å². The Labute approximate surface area is 431 Å². The van der Waals surface area contributed by atoms with Gasteiger partial charge in [0.1, 0.15) is 26.7 Å². The van der Waals surface area contributed by atoms with E-state index >= 15 is 0 Å². The molecule has 25 heteroatoms. The highest BCUT2D eigenvalue weighted by atomic mass is 35.5. The molecule has 0 radical (unpaired) electrons. The van der Waals surface area contributed by atoms with E-state index < -0.39 is 49.6 Å². The van der Waals surface area contributed by atoms with Crippen LogP contribution < -0.4 is 22.1 Å². The molecule has 3 aliphatic rings. The summed E-state index contributed by atoms with van der Waals surface area (Å²) in [5, 5.41) is 26.1. The first-order valence-electron chi connectivity index (χ1n) is 21.5. The Balaban J connectivity index is 0.000000459. The molecule has 6 rings (SSSR count). The second-order valence-corrected chi connectivity index (χ2v) is 17.3. The molecular formula is C45H58Cl5N7O13. The van der Waals surface area contributed by atoms with Gasteiger partial charge in [0.15, 0.2) is 0 Å². The fourth-order valence-corrected chi connectivity index (χ4v) is 7.29. The van der Waals surface area contributed by atoms with Gasteiger partial charge >= 0.3 is 17.9 Å². The second-order valence-electron chi connectivity index (χ2n) is 15.7. The number of carbonyl (C=O) groups excluding carboxylic acids is 6. The lowest BCUT2D eigenvalue weighted by molar-refractivity contribution is -0.384. The van der Waals surface area contributed by atoms with Crippen LogP contribution in [0.2, 0.25) is 15.1 Å². The summed E-state index contributed by atoms with van der Waals surface area (Å²) in [5.74, 6) is -2.11. The zero-order valence-electron chi connectivity index (χ0n) is 39.4. The van der Waals surface area contributed by atoms with Crippen molar-refractivity contribution in [2.24, 2.45) is 5.73 Å². The van der Waals surface area contributed by atoms with Gasteiger partial charge in [0.25, 0.3) is 28.4 Å². The van der Waals surface area contributed by atoms with Crippen LogP contribution in [0.5, 0.6) is 0 Å². The van der Waals surface area contributed by atoms with E-state index in [9.17, 15) is 49.0 Å². The Kier molecular flexibility index (Phi) is 26.1. The standard InChI is InChI=1S/C13H13ClN2O5.C13H15ClN2O3.C7H3Cl2NO3.C6H11NO2.C6H15N.ClH/c1-21-12(18)13(5-2-6-13)15-11(17)8-3-4-9(14)10(7-8)16(19)20;1-19-12(18)13(5-2-6-13)16-11(17)8-3-4-9(14)10(15)7-8;8-5-2-1-4(7(9)11)3-6(5)10(12)13;1-9-5(8)6(7)3-2-4-6;1-4-7(5-2)6-3;/h3-4,7H,2,5-6H2,1H3,(H,15,17);3-4,7H,2,5-6,15H2,1H3,(H,16,17);1-3H;2-4,7H2,1H3;4-6H2,1-3H3;1H. The fourth-order valence-electron chi connectivity index (χ4n) is 6.68. The van der Waals surface area contributed by atoms with E-state index in [1.54, 1.807) is 12.1 Å². The zero-order chi connectivity index (χ0) is 52.3. The molecule has 3 aromatic carbocycles. The van der Waals surface area contributed by atoms with E-state index in [0.717, 1.165) is 44.2 Å². The number of benzene rings is 3. The average Bonchev–Trinajstić information content (AvgIpc) is 3.29. The van der Waals surface area contributed by atoms with Crippen molar-refractivity contribution in [3.8, 4) is 0 Å². The molecule has 20 nitrogen and oxygen atoms in total. The highest BCUT2D eigenvalue weighted by molar-refractivity contribution is 6.67. The summed E-state index contributed by atoms with van der Waals surface area (Å²) < 4.78 is 13.9. The first-order chi connectivity index (χ1) is 32.4. The van der Waals surface area contributed by atoms with Crippen molar-refractivity contribution in [2.45, 2.75) is 95.2 Å². The molecule has 70 heavy (non-hydrogen) atoms. The molecule has 0 atom stereocenters. The van der Waals surface area contributed by atoms with Gasteiger partial charge in [-0.15, -0.1) is 12.4 Å². The Morgan fingerprint density at radius 1 is 0.614 bits per heavy atom. The SMILES string of the molecule is CCN(CC)CC.COC(=O)C1(N)CCC1.COC(=O)C1(NC(=O)c2ccc(Cl)c(N)c2)CCC1.COC(=O)C1(NC(=O)c2ccc(Cl)c([N+](=O)[O-])c2)CCC1.Cl.O=C(Cl)c1ccc(Cl)c([N+](=O)[O-])c1. The van der Waals surface area contributed by atoms with Crippen molar-refractivity contribution >= 4 is 111 Å². The Morgan fingerprint density at radius 2 is 0.957 bits per heavy atom. The Hall–Kier alpha value is -5.35. The number of nitro groups is 2. The van der Waals surface area contributed by atoms with Crippen LogP contribution in [0, 0.1) is 20.2 Å². The number of rotatable bonds is 13. The Morgan fingerprint density at radius 3 is 1.21 bits per heavy atom. The maximum atomic E-state index is 12.2. The molecule has 6 N–H and O–H groups in total. The minimum absolute atomic E-state index is 0. The normalized spacial score (nSPS) is 14.9. The van der Waals surface area contributed by atoms with Crippen molar-refractivity contribution in [2.75, 3.05) is 46.7 Å². The number of halogens is 5. The third kappa shape index (κ3) is 17.2. The average molecular weight is 1080 g/mol. The lowest BCUT2D eigenvalue weighted by atomic mass is 9.76. The topological polar surface area (TPSA) is 296 Å². The van der Waals surface area contributed by atoms with Crippen LogP contribution in [0.15, 0.2) is 54.6 Å². The van der Waals surface area contributed by atoms with E-state index in [2.05, 4.69) is 41.0 Å². The quantitative estimate of drug-likeness (QED) is 0.0313. The molecule has 0 aliphatic heterocycles. The highest BCUT2D eigenvalue weighted by Gasteiger charge is 2.48. The monoisotopic (exact) mass is 1080 g/mol. The van der Waals surface area contributed by atoms with E-state index in [0.29, 0.717) is 42.0 Å². The molecule has 0 bridgehead atoms. The number of methoxy groups -OCH3 is 3. The largest absolute Gasteiger partial charge is 0.468 e. The number of esters is 3. The summed E-state index contributed by atoms with van der Waals surface area (Å²) in [6.45, 7) is 10.1. The molecule has 0 saturated heterocycles. The van der Waals surface area contributed by atoms with E-state index in [1.807, 2.05) is 0 Å². The first kappa shape index (κ1) is 62.7. The molecule has 0 aromatic heterocycles. The maximum absolute atomic E-state index is 12.2. The summed E-state index contributed by atoms with van der Waals surface area (Å²) in [6, 6.07) is 12.0. The van der Waals surface area contributed by atoms with Gasteiger partial charge in [0, 0.05) is 28.8 Å². The first-order valence-corrected chi connectivity index (χ1v) is 23.0. The maximum Gasteiger partial charge on any atom is 0.331 e. The molecule has 386 valence electrons. The summed E-state index contributed by atoms with van der Waals surface area (Å²) in [4.78, 5) is 91.4. The number of ether oxygens (including phenoxy) is 3. The number of amides is 2. The molecule has 0 unspecified atom stereocenters. The molecule has 0 heterocycles. The number of hydrogen-bond acceptors (Lipinski definition) is 16. The van der Waals surface area contributed by atoms with Crippen LogP contribution in [-0.4, -0.2) is 107 Å². The number of nitrogens with zero attached hydrogens (tertiary/aromatic N) is 3. The van der Waals surface area contributed by atoms with Gasteiger partial charge in [-0.3, -0.25) is 39.4 Å². The van der Waals surface area contributed by atoms with Gasteiger partial charge in [-0.2, -0.15) is 0 Å². The van der Waals surface area contributed by atoms with Crippen molar-refractivity contribution in [3.63, 3.8) is 0 Å². The number of anilines is 1. The van der Waals surface area contributed by atoms with E-state index in [1.165, 1.54) is 71.3 Å². The number of nitro benzene ring substituents is 2. The predicted molar refractivity (Wildman–Crippen MR) is 268 cm³/mol.